The van der Waals surface area contributed by atoms with Gasteiger partial charge in [0.2, 0.25) is 5.96 Å². The van der Waals surface area contributed by atoms with Crippen LogP contribution < -0.4 is 10.5 Å². The molecule has 3 rings (SSSR count). The first kappa shape index (κ1) is 21.0. The van der Waals surface area contributed by atoms with Crippen LogP contribution in [0.2, 0.25) is 5.02 Å². The van der Waals surface area contributed by atoms with Gasteiger partial charge in [-0.15, -0.1) is 12.4 Å². The van der Waals surface area contributed by atoms with Crippen LogP contribution in [0.1, 0.15) is 5.56 Å². The average Bonchev–Trinajstić information content (AvgIpc) is 2.69. The van der Waals surface area contributed by atoms with Crippen LogP contribution in [0.3, 0.4) is 0 Å². The molecule has 0 bridgehead atoms. The Morgan fingerprint density at radius 1 is 1.15 bits per heavy atom. The summed E-state index contributed by atoms with van der Waals surface area (Å²) in [7, 11) is 1.60. The molecule has 2 aromatic rings. The van der Waals surface area contributed by atoms with Crippen LogP contribution in [-0.4, -0.2) is 50.1 Å². The fourth-order valence-corrected chi connectivity index (χ4v) is 2.74. The van der Waals surface area contributed by atoms with E-state index in [1.807, 2.05) is 35.2 Å². The number of hydrogen-bond donors (Lipinski definition) is 1. The van der Waals surface area contributed by atoms with Gasteiger partial charge in [0.1, 0.15) is 17.3 Å². The second-order valence-electron chi connectivity index (χ2n) is 5.69. The molecule has 1 aliphatic rings. The lowest BCUT2D eigenvalue weighted by molar-refractivity contribution is 0.0676. The number of rotatable bonds is 3. The molecule has 27 heavy (non-hydrogen) atoms. The van der Waals surface area contributed by atoms with Gasteiger partial charge in [0.05, 0.1) is 20.3 Å². The number of hydrogen-bond acceptors (Lipinski definition) is 3. The van der Waals surface area contributed by atoms with Crippen LogP contribution in [-0.2, 0) is 4.74 Å². The van der Waals surface area contributed by atoms with Crippen molar-refractivity contribution in [1.29, 1.82) is 0 Å². The molecule has 1 aliphatic heterocycles. The van der Waals surface area contributed by atoms with Gasteiger partial charge in [-0.05, 0) is 18.2 Å². The zero-order chi connectivity index (χ0) is 18.4. The number of nitrogens with zero attached hydrogens (tertiary/aromatic N) is 3. The van der Waals surface area contributed by atoms with Crippen LogP contribution in [0.5, 0.6) is 5.75 Å². The van der Waals surface area contributed by atoms with Gasteiger partial charge >= 0.3 is 0 Å². The number of ether oxygens (including phenoxy) is 2. The van der Waals surface area contributed by atoms with Crippen LogP contribution in [0.4, 0.5) is 5.69 Å². The number of aliphatic imine (C=N–C) groups is 2. The van der Waals surface area contributed by atoms with E-state index in [9.17, 15) is 0 Å². The Balaban J connectivity index is 0.00000261. The molecule has 0 atom stereocenters. The maximum atomic E-state index is 6.21. The molecule has 1 heterocycles. The quantitative estimate of drug-likeness (QED) is 0.622. The first-order valence-corrected chi connectivity index (χ1v) is 8.69. The number of nitrogens with two attached hydrogens (primary N) is 1. The third-order valence-electron chi connectivity index (χ3n) is 3.95. The standard InChI is InChI=1S/C19H21ClN4O2.ClH/c1-25-17-8-7-15(20)13-16(17)22-19(24-9-11-26-12-10-24)23-18(21)14-5-3-2-4-6-14;/h2-8,13H,9-12H2,1H3,(H2,21,22,23);1H. The molecule has 2 N–H and O–H groups in total. The van der Waals surface area contributed by atoms with Crippen molar-refractivity contribution in [3.05, 3.63) is 59.1 Å². The minimum Gasteiger partial charge on any atom is -0.494 e. The van der Waals surface area contributed by atoms with E-state index in [0.717, 1.165) is 5.56 Å². The Morgan fingerprint density at radius 3 is 2.52 bits per heavy atom. The maximum absolute atomic E-state index is 6.21. The summed E-state index contributed by atoms with van der Waals surface area (Å²) in [5.41, 5.74) is 7.65. The molecule has 0 aromatic heterocycles. The highest BCUT2D eigenvalue weighted by Crippen LogP contribution is 2.31. The normalized spacial score (nSPS) is 15.3. The second-order valence-corrected chi connectivity index (χ2v) is 6.13. The van der Waals surface area contributed by atoms with E-state index in [0.29, 0.717) is 54.6 Å². The summed E-state index contributed by atoms with van der Waals surface area (Å²) in [5, 5.41) is 0.575. The van der Waals surface area contributed by atoms with Gasteiger partial charge in [-0.3, -0.25) is 0 Å². The molecule has 0 aliphatic carbocycles. The van der Waals surface area contributed by atoms with Crippen molar-refractivity contribution in [3.8, 4) is 5.75 Å². The summed E-state index contributed by atoms with van der Waals surface area (Å²) in [4.78, 5) is 11.3. The highest BCUT2D eigenvalue weighted by Gasteiger charge is 2.17. The van der Waals surface area contributed by atoms with Crippen LogP contribution in [0, 0.1) is 0 Å². The van der Waals surface area contributed by atoms with Crippen molar-refractivity contribution in [2.24, 2.45) is 15.7 Å². The van der Waals surface area contributed by atoms with Crippen molar-refractivity contribution < 1.29 is 9.47 Å². The molecule has 0 spiro atoms. The van der Waals surface area contributed by atoms with Gasteiger partial charge in [-0.1, -0.05) is 41.9 Å². The zero-order valence-corrected chi connectivity index (χ0v) is 16.5. The molecular weight excluding hydrogens is 387 g/mol. The smallest absolute Gasteiger partial charge is 0.228 e. The number of methoxy groups -OCH3 is 1. The predicted molar refractivity (Wildman–Crippen MR) is 112 cm³/mol. The Bertz CT molecular complexity index is 807. The maximum Gasteiger partial charge on any atom is 0.228 e. The summed E-state index contributed by atoms with van der Waals surface area (Å²) >= 11 is 6.13. The van der Waals surface area contributed by atoms with Gasteiger partial charge in [0.25, 0.3) is 0 Å². The monoisotopic (exact) mass is 408 g/mol. The lowest BCUT2D eigenvalue weighted by atomic mass is 10.2. The molecule has 0 unspecified atom stereocenters. The highest BCUT2D eigenvalue weighted by molar-refractivity contribution is 6.30. The first-order chi connectivity index (χ1) is 12.7. The molecule has 1 fully saturated rings. The minimum absolute atomic E-state index is 0. The van der Waals surface area contributed by atoms with Crippen molar-refractivity contribution in [1.82, 2.24) is 4.90 Å². The number of halogens is 2. The topological polar surface area (TPSA) is 72.4 Å². The fourth-order valence-electron chi connectivity index (χ4n) is 2.57. The summed E-state index contributed by atoms with van der Waals surface area (Å²) in [6, 6.07) is 14.9. The summed E-state index contributed by atoms with van der Waals surface area (Å²) < 4.78 is 10.8. The minimum atomic E-state index is 0. The Morgan fingerprint density at radius 2 is 1.85 bits per heavy atom. The van der Waals surface area contributed by atoms with Crippen molar-refractivity contribution in [2.75, 3.05) is 33.4 Å². The molecule has 8 heteroatoms. The Labute approximate surface area is 170 Å². The van der Waals surface area contributed by atoms with Crippen LogP contribution >= 0.6 is 24.0 Å². The molecule has 6 nitrogen and oxygen atoms in total. The number of benzene rings is 2. The van der Waals surface area contributed by atoms with Gasteiger partial charge in [-0.2, -0.15) is 4.99 Å². The Hall–Kier alpha value is -2.28. The average molecular weight is 409 g/mol. The van der Waals surface area contributed by atoms with Gasteiger partial charge in [-0.25, -0.2) is 4.99 Å². The largest absolute Gasteiger partial charge is 0.494 e. The van der Waals surface area contributed by atoms with E-state index in [4.69, 9.17) is 26.8 Å². The van der Waals surface area contributed by atoms with Crippen molar-refractivity contribution in [2.45, 2.75) is 0 Å². The number of guanidine groups is 1. The van der Waals surface area contributed by atoms with Gasteiger partial charge in [0, 0.05) is 23.7 Å². The van der Waals surface area contributed by atoms with E-state index in [1.54, 1.807) is 25.3 Å². The molecular formula is C19H22Cl2N4O2. The SMILES string of the molecule is COc1ccc(Cl)cc1/N=C(/N=C(\N)c1ccccc1)N1CCOCC1.Cl. The fraction of sp³-hybridized carbons (Fsp3) is 0.263. The van der Waals surface area contributed by atoms with Crippen molar-refractivity contribution in [3.63, 3.8) is 0 Å². The second kappa shape index (κ2) is 10.2. The van der Waals surface area contributed by atoms with Crippen LogP contribution in [0.15, 0.2) is 58.5 Å². The first-order valence-electron chi connectivity index (χ1n) is 8.32. The highest BCUT2D eigenvalue weighted by atomic mass is 35.5. The van der Waals surface area contributed by atoms with E-state index in [-0.39, 0.29) is 12.4 Å². The van der Waals surface area contributed by atoms with Gasteiger partial charge in [0.15, 0.2) is 0 Å². The summed E-state index contributed by atoms with van der Waals surface area (Å²) in [6.07, 6.45) is 0. The van der Waals surface area contributed by atoms with E-state index in [1.165, 1.54) is 0 Å². The third-order valence-corrected chi connectivity index (χ3v) is 4.18. The summed E-state index contributed by atoms with van der Waals surface area (Å²) in [5.74, 6) is 1.53. The predicted octanol–water partition coefficient (Wildman–Crippen LogP) is 3.50. The number of morpholine rings is 1. The molecule has 0 saturated carbocycles. The summed E-state index contributed by atoms with van der Waals surface area (Å²) in [6.45, 7) is 2.61. The molecule has 2 aromatic carbocycles. The zero-order valence-electron chi connectivity index (χ0n) is 15.0. The van der Waals surface area contributed by atoms with Crippen LogP contribution in [0.25, 0.3) is 0 Å². The van der Waals surface area contributed by atoms with Gasteiger partial charge < -0.3 is 20.1 Å². The molecule has 1 saturated heterocycles. The van der Waals surface area contributed by atoms with E-state index < -0.39 is 0 Å². The molecule has 0 radical (unpaired) electrons. The Kier molecular flexibility index (Phi) is 7.91. The lowest BCUT2D eigenvalue weighted by Crippen LogP contribution is -2.40. The van der Waals surface area contributed by atoms with E-state index in [2.05, 4.69) is 9.98 Å². The third kappa shape index (κ3) is 5.60. The lowest BCUT2D eigenvalue weighted by Gasteiger charge is -2.28. The molecule has 144 valence electrons. The number of amidine groups is 1. The van der Waals surface area contributed by atoms with Crippen molar-refractivity contribution >= 4 is 41.5 Å². The molecule has 0 amide bonds. The van der Waals surface area contributed by atoms with E-state index >= 15 is 0 Å².